The molecule has 5 atom stereocenters. The molecule has 32 heavy (non-hydrogen) atoms. The largest absolute Gasteiger partial charge is 0.459 e. The number of carbonyl (C=O) groups excluding carboxylic acids is 1. The van der Waals surface area contributed by atoms with Crippen LogP contribution >= 0.6 is 23.2 Å². The molecule has 9 heteroatoms. The Morgan fingerprint density at radius 2 is 1.50 bits per heavy atom. The second kappa shape index (κ2) is 7.37. The molecule has 5 rings (SSSR count). The van der Waals surface area contributed by atoms with Crippen LogP contribution in [-0.2, 0) is 19.9 Å². The number of morpholine rings is 1. The van der Waals surface area contributed by atoms with E-state index in [2.05, 4.69) is 14.1 Å². The zero-order valence-corrected chi connectivity index (χ0v) is 18.9. The van der Waals surface area contributed by atoms with Crippen LogP contribution in [0.3, 0.4) is 0 Å². The van der Waals surface area contributed by atoms with Crippen LogP contribution in [0.5, 0.6) is 0 Å². The molecule has 2 aromatic carbocycles. The fraction of sp³-hybridized carbons (Fsp3) is 0.435. The van der Waals surface area contributed by atoms with E-state index >= 15 is 0 Å². The quantitative estimate of drug-likeness (QED) is 0.407. The van der Waals surface area contributed by atoms with Gasteiger partial charge in [-0.15, -0.1) is 0 Å². The minimum atomic E-state index is -2.35. The molecule has 0 radical (unpaired) electrons. The van der Waals surface area contributed by atoms with Gasteiger partial charge in [-0.05, 0) is 24.3 Å². The molecule has 3 fully saturated rings. The van der Waals surface area contributed by atoms with Crippen molar-refractivity contribution in [1.29, 1.82) is 0 Å². The van der Waals surface area contributed by atoms with E-state index in [0.717, 1.165) is 28.7 Å². The Morgan fingerprint density at radius 1 is 1.03 bits per heavy atom. The normalized spacial score (nSPS) is 30.0. The number of rotatable bonds is 4. The van der Waals surface area contributed by atoms with E-state index in [0.29, 0.717) is 12.8 Å². The summed E-state index contributed by atoms with van der Waals surface area (Å²) in [5, 5.41) is 11.1. The Kier molecular flexibility index (Phi) is 5.08. The molecule has 0 saturated carbocycles. The monoisotopic (exact) mass is 484 g/mol. The van der Waals surface area contributed by atoms with E-state index in [4.69, 9.17) is 32.7 Å². The number of halogens is 4. The number of likely N-dealkylation sites (N-methyl/N-ethyl adjacent to an activating group) is 1. The molecule has 3 aliphatic rings. The molecule has 5 nitrogen and oxygen atoms in total. The highest BCUT2D eigenvalue weighted by molar-refractivity contribution is 6.31. The lowest BCUT2D eigenvalue weighted by Crippen LogP contribution is -2.60. The van der Waals surface area contributed by atoms with Crippen molar-refractivity contribution in [3.8, 4) is 0 Å². The minimum absolute atomic E-state index is 0.00218. The lowest BCUT2D eigenvalue weighted by molar-refractivity contribution is -0.938. The number of carbonyl (C=O) groups is 1. The number of nitrogens with zero attached hydrogens (tertiary/aromatic N) is 1. The van der Waals surface area contributed by atoms with Gasteiger partial charge in [-0.25, -0.2) is 13.6 Å². The van der Waals surface area contributed by atoms with Gasteiger partial charge in [0, 0.05) is 24.0 Å². The van der Waals surface area contributed by atoms with Crippen molar-refractivity contribution >= 4 is 29.2 Å². The summed E-state index contributed by atoms with van der Waals surface area (Å²) in [6, 6.07) is 7.29. The number of hydrogen-bond acceptors (Lipinski definition) is 4. The second-order valence-electron chi connectivity index (χ2n) is 9.30. The van der Waals surface area contributed by atoms with Gasteiger partial charge >= 0.3 is 5.97 Å². The standard InChI is InChI=1S/C23H22Cl2F2NO4/c1-28(2)18-9-13(10-19(28)21-20(18)32-21)31-22(29)23(30,11-3-5-16(26)14(24)7-11)12-4-6-17(27)15(25)8-12/h3-8,13,18-21,30H,9-10H2,1-2H3/q+1/t13?,18-,19?,20-,21?/m0/s1. The number of fused-ring (bicyclic) bond motifs is 5. The average molecular weight is 485 g/mol. The van der Waals surface area contributed by atoms with Crippen LogP contribution in [0.25, 0.3) is 0 Å². The molecule has 3 saturated heterocycles. The van der Waals surface area contributed by atoms with Crippen LogP contribution < -0.4 is 0 Å². The number of epoxide rings is 1. The molecule has 3 aliphatic heterocycles. The summed E-state index contributed by atoms with van der Waals surface area (Å²) in [6.45, 7) is 0. The van der Waals surface area contributed by atoms with Gasteiger partial charge in [0.05, 0.1) is 24.1 Å². The maximum Gasteiger partial charge on any atom is 0.347 e. The van der Waals surface area contributed by atoms with Crippen molar-refractivity contribution in [2.24, 2.45) is 0 Å². The summed E-state index contributed by atoms with van der Waals surface area (Å²) in [5.41, 5.74) is -2.36. The average Bonchev–Trinajstić information content (AvgIpc) is 3.50. The van der Waals surface area contributed by atoms with Crippen LogP contribution in [0.4, 0.5) is 8.78 Å². The first-order chi connectivity index (χ1) is 15.0. The van der Waals surface area contributed by atoms with Crippen molar-refractivity contribution in [3.63, 3.8) is 0 Å². The predicted molar refractivity (Wildman–Crippen MR) is 113 cm³/mol. The molecule has 1 N–H and O–H groups in total. The van der Waals surface area contributed by atoms with E-state index in [9.17, 15) is 18.7 Å². The van der Waals surface area contributed by atoms with Crippen molar-refractivity contribution in [3.05, 3.63) is 69.2 Å². The maximum atomic E-state index is 13.8. The van der Waals surface area contributed by atoms with Crippen LogP contribution in [0, 0.1) is 11.6 Å². The van der Waals surface area contributed by atoms with Gasteiger partial charge in [-0.1, -0.05) is 35.3 Å². The highest BCUT2D eigenvalue weighted by atomic mass is 35.5. The number of piperidine rings is 1. The SMILES string of the molecule is C[N+]1(C)C2CC(OC(=O)C(O)(c3ccc(F)c(Cl)c3)c3ccc(F)c(Cl)c3)C[C@H]1[C@@H]1OC21. The van der Waals surface area contributed by atoms with E-state index < -0.39 is 29.3 Å². The molecule has 2 aromatic rings. The summed E-state index contributed by atoms with van der Waals surface area (Å²) in [7, 11) is 4.31. The van der Waals surface area contributed by atoms with Gasteiger partial charge in [0.1, 0.15) is 42.0 Å². The molecular weight excluding hydrogens is 463 g/mol. The molecule has 0 aromatic heterocycles. The fourth-order valence-corrected chi connectivity index (χ4v) is 5.74. The maximum absolute atomic E-state index is 13.8. The Labute approximate surface area is 194 Å². The molecule has 170 valence electrons. The predicted octanol–water partition coefficient (Wildman–Crippen LogP) is 3.81. The number of hydrogen-bond donors (Lipinski definition) is 1. The summed E-state index contributed by atoms with van der Waals surface area (Å²) in [5.74, 6) is -2.35. The highest BCUT2D eigenvalue weighted by Gasteiger charge is 2.71. The zero-order valence-electron chi connectivity index (χ0n) is 17.4. The van der Waals surface area contributed by atoms with Gasteiger partial charge < -0.3 is 19.1 Å². The number of aliphatic hydroxyl groups is 1. The molecule has 3 heterocycles. The first-order valence-corrected chi connectivity index (χ1v) is 11.1. The summed E-state index contributed by atoms with van der Waals surface area (Å²) < 4.78 is 39.9. The Hall–Kier alpha value is -1.77. The van der Waals surface area contributed by atoms with Crippen molar-refractivity contribution < 1.29 is 32.6 Å². The van der Waals surface area contributed by atoms with Gasteiger partial charge in [-0.3, -0.25) is 0 Å². The zero-order chi connectivity index (χ0) is 23.0. The first-order valence-electron chi connectivity index (χ1n) is 10.4. The molecule has 0 spiro atoms. The smallest absolute Gasteiger partial charge is 0.347 e. The lowest BCUT2D eigenvalue weighted by atomic mass is 9.86. The van der Waals surface area contributed by atoms with Crippen molar-refractivity contribution in [1.82, 2.24) is 0 Å². The van der Waals surface area contributed by atoms with E-state index in [1.54, 1.807) is 0 Å². The minimum Gasteiger partial charge on any atom is -0.459 e. The van der Waals surface area contributed by atoms with E-state index in [1.165, 1.54) is 12.1 Å². The summed E-state index contributed by atoms with van der Waals surface area (Å²) in [6.07, 6.45) is 1.12. The third-order valence-corrected chi connectivity index (χ3v) is 7.86. The van der Waals surface area contributed by atoms with Gasteiger partial charge in [0.2, 0.25) is 5.60 Å². The number of esters is 1. The fourth-order valence-electron chi connectivity index (χ4n) is 5.38. The molecule has 2 bridgehead atoms. The van der Waals surface area contributed by atoms with Crippen LogP contribution in [0.15, 0.2) is 36.4 Å². The molecule has 0 aliphatic carbocycles. The highest BCUT2D eigenvalue weighted by Crippen LogP contribution is 2.52. The first kappa shape index (κ1) is 22.0. The second-order valence-corrected chi connectivity index (χ2v) is 10.1. The molecular formula is C23H22Cl2F2NO4+. The number of ether oxygens (including phenoxy) is 2. The Bertz CT molecular complexity index is 1040. The Morgan fingerprint density at radius 3 is 1.94 bits per heavy atom. The lowest BCUT2D eigenvalue weighted by Gasteiger charge is -2.45. The number of quaternary nitrogens is 1. The van der Waals surface area contributed by atoms with Gasteiger partial charge in [0.25, 0.3) is 0 Å². The third-order valence-electron chi connectivity index (χ3n) is 7.28. The van der Waals surface area contributed by atoms with E-state index in [-0.39, 0.29) is 45.5 Å². The molecule has 3 unspecified atom stereocenters. The summed E-state index contributed by atoms with van der Waals surface area (Å²) >= 11 is 11.8. The Balaban J connectivity index is 1.48. The van der Waals surface area contributed by atoms with Crippen LogP contribution in [-0.4, -0.2) is 60.0 Å². The topological polar surface area (TPSA) is 59.1 Å². The van der Waals surface area contributed by atoms with Crippen LogP contribution in [0.2, 0.25) is 10.0 Å². The van der Waals surface area contributed by atoms with Crippen molar-refractivity contribution in [2.45, 2.75) is 48.8 Å². The summed E-state index contributed by atoms with van der Waals surface area (Å²) in [4.78, 5) is 13.4. The third kappa shape index (κ3) is 3.25. The van der Waals surface area contributed by atoms with Crippen molar-refractivity contribution in [2.75, 3.05) is 14.1 Å². The van der Waals surface area contributed by atoms with Gasteiger partial charge in [0.15, 0.2) is 0 Å². The number of benzene rings is 2. The van der Waals surface area contributed by atoms with Gasteiger partial charge in [-0.2, -0.15) is 0 Å². The van der Waals surface area contributed by atoms with E-state index in [1.807, 2.05) is 0 Å². The molecule has 0 amide bonds. The van der Waals surface area contributed by atoms with Crippen LogP contribution in [0.1, 0.15) is 24.0 Å².